The molecule has 1 aliphatic heterocycles. The number of carbonyl (C=O) groups excluding carboxylic acids is 1. The van der Waals surface area contributed by atoms with Gasteiger partial charge in [0, 0.05) is 18.9 Å². The smallest absolute Gasteiger partial charge is 0.223 e. The summed E-state index contributed by atoms with van der Waals surface area (Å²) in [6, 6.07) is 10.3. The standard InChI is InChI=1S/C20H31NO2Si/c1-7-17-13-19(22)21(14-16-11-9-8-10-12-16)18(17)15-23-24(5,6)20(2,3)4/h7-12,17-18H,1,13-15H2,2-6H3/t17-,18+/m0/s1. The highest BCUT2D eigenvalue weighted by atomic mass is 28.4. The van der Waals surface area contributed by atoms with E-state index >= 15 is 0 Å². The normalized spacial score (nSPS) is 22.0. The first kappa shape index (κ1) is 18.9. The molecule has 0 radical (unpaired) electrons. The van der Waals surface area contributed by atoms with Gasteiger partial charge in [0.25, 0.3) is 0 Å². The van der Waals surface area contributed by atoms with Crippen molar-refractivity contribution in [1.82, 2.24) is 4.90 Å². The van der Waals surface area contributed by atoms with Gasteiger partial charge in [-0.2, -0.15) is 0 Å². The van der Waals surface area contributed by atoms with E-state index in [9.17, 15) is 4.79 Å². The van der Waals surface area contributed by atoms with Crippen molar-refractivity contribution in [1.29, 1.82) is 0 Å². The minimum absolute atomic E-state index is 0.0873. The minimum Gasteiger partial charge on any atom is -0.415 e. The van der Waals surface area contributed by atoms with Gasteiger partial charge in [0.1, 0.15) is 0 Å². The molecule has 1 heterocycles. The Morgan fingerprint density at radius 2 is 1.92 bits per heavy atom. The van der Waals surface area contributed by atoms with E-state index in [0.29, 0.717) is 19.6 Å². The van der Waals surface area contributed by atoms with Gasteiger partial charge in [0.05, 0.1) is 12.6 Å². The molecule has 0 N–H and O–H groups in total. The lowest BCUT2D eigenvalue weighted by Crippen LogP contribution is -2.46. The van der Waals surface area contributed by atoms with E-state index in [2.05, 4.69) is 52.6 Å². The van der Waals surface area contributed by atoms with Gasteiger partial charge in [-0.25, -0.2) is 0 Å². The fraction of sp³-hybridized carbons (Fsp3) is 0.550. The van der Waals surface area contributed by atoms with Gasteiger partial charge in [0.15, 0.2) is 8.32 Å². The predicted molar refractivity (Wildman–Crippen MR) is 102 cm³/mol. The molecule has 1 aliphatic rings. The highest BCUT2D eigenvalue weighted by molar-refractivity contribution is 6.74. The molecule has 1 amide bonds. The minimum atomic E-state index is -1.83. The van der Waals surface area contributed by atoms with Crippen LogP contribution in [0, 0.1) is 5.92 Å². The molecule has 1 fully saturated rings. The maximum Gasteiger partial charge on any atom is 0.223 e. The number of benzene rings is 1. The second kappa shape index (κ2) is 7.24. The molecular weight excluding hydrogens is 314 g/mol. The third-order valence-corrected chi connectivity index (χ3v) is 10.0. The first-order valence-corrected chi connectivity index (χ1v) is 11.7. The Kier molecular flexibility index (Phi) is 5.71. The van der Waals surface area contributed by atoms with E-state index in [1.54, 1.807) is 0 Å². The molecule has 0 aliphatic carbocycles. The summed E-state index contributed by atoms with van der Waals surface area (Å²) in [7, 11) is -1.83. The van der Waals surface area contributed by atoms with Gasteiger partial charge in [0.2, 0.25) is 5.91 Å². The number of hydrogen-bond acceptors (Lipinski definition) is 2. The number of hydrogen-bond donors (Lipinski definition) is 0. The highest BCUT2D eigenvalue weighted by Gasteiger charge is 2.42. The number of carbonyl (C=O) groups is 1. The van der Waals surface area contributed by atoms with Crippen LogP contribution in [0.25, 0.3) is 0 Å². The molecule has 2 atom stereocenters. The topological polar surface area (TPSA) is 29.5 Å². The summed E-state index contributed by atoms with van der Waals surface area (Å²) in [4.78, 5) is 14.5. The fourth-order valence-electron chi connectivity index (χ4n) is 2.82. The molecule has 24 heavy (non-hydrogen) atoms. The quantitative estimate of drug-likeness (QED) is 0.556. The first-order valence-electron chi connectivity index (χ1n) is 8.75. The third-order valence-electron chi connectivity index (χ3n) is 5.54. The maximum atomic E-state index is 12.5. The van der Waals surface area contributed by atoms with Crippen molar-refractivity contribution < 1.29 is 9.22 Å². The molecule has 4 heteroatoms. The van der Waals surface area contributed by atoms with E-state index in [1.807, 2.05) is 29.2 Å². The molecular formula is C20H31NO2Si. The summed E-state index contributed by atoms with van der Waals surface area (Å²) in [5.74, 6) is 0.374. The number of rotatable bonds is 6. The van der Waals surface area contributed by atoms with Crippen molar-refractivity contribution in [3.63, 3.8) is 0 Å². The lowest BCUT2D eigenvalue weighted by Gasteiger charge is -2.38. The largest absolute Gasteiger partial charge is 0.415 e. The van der Waals surface area contributed by atoms with Crippen LogP contribution in [0.1, 0.15) is 32.8 Å². The van der Waals surface area contributed by atoms with E-state index in [0.717, 1.165) is 5.56 Å². The van der Waals surface area contributed by atoms with Gasteiger partial charge in [-0.1, -0.05) is 57.2 Å². The van der Waals surface area contributed by atoms with Crippen molar-refractivity contribution in [2.75, 3.05) is 6.61 Å². The Labute approximate surface area is 147 Å². The zero-order valence-electron chi connectivity index (χ0n) is 15.7. The summed E-state index contributed by atoms with van der Waals surface area (Å²) in [5.41, 5.74) is 1.16. The van der Waals surface area contributed by atoms with Gasteiger partial charge in [-0.15, -0.1) is 6.58 Å². The van der Waals surface area contributed by atoms with Crippen LogP contribution in [-0.2, 0) is 15.8 Å². The molecule has 0 unspecified atom stereocenters. The Balaban J connectivity index is 2.13. The van der Waals surface area contributed by atoms with Crippen LogP contribution in [0.2, 0.25) is 18.1 Å². The Morgan fingerprint density at radius 1 is 1.29 bits per heavy atom. The van der Waals surface area contributed by atoms with E-state index in [-0.39, 0.29) is 22.9 Å². The third kappa shape index (κ3) is 4.17. The average Bonchev–Trinajstić information content (AvgIpc) is 2.81. The van der Waals surface area contributed by atoms with Crippen LogP contribution in [0.3, 0.4) is 0 Å². The molecule has 1 aromatic carbocycles. The maximum absolute atomic E-state index is 12.5. The predicted octanol–water partition coefficient (Wildman–Crippen LogP) is 4.61. The number of nitrogens with zero attached hydrogens (tertiary/aromatic N) is 1. The first-order chi connectivity index (χ1) is 11.2. The second-order valence-electron chi connectivity index (χ2n) is 8.25. The Hall–Kier alpha value is -1.39. The van der Waals surface area contributed by atoms with Gasteiger partial charge >= 0.3 is 0 Å². The van der Waals surface area contributed by atoms with Crippen molar-refractivity contribution in [3.8, 4) is 0 Å². The van der Waals surface area contributed by atoms with Crippen LogP contribution in [0.15, 0.2) is 43.0 Å². The average molecular weight is 346 g/mol. The molecule has 0 bridgehead atoms. The van der Waals surface area contributed by atoms with Crippen LogP contribution in [0.5, 0.6) is 0 Å². The summed E-state index contributed by atoms with van der Waals surface area (Å²) in [6.45, 7) is 16.4. The summed E-state index contributed by atoms with van der Waals surface area (Å²) in [6.07, 6.45) is 2.46. The molecule has 0 aromatic heterocycles. The lowest BCUT2D eigenvalue weighted by atomic mass is 10.0. The molecule has 0 spiro atoms. The zero-order chi connectivity index (χ0) is 18.0. The van der Waals surface area contributed by atoms with Crippen LogP contribution < -0.4 is 0 Å². The summed E-state index contributed by atoms with van der Waals surface area (Å²) in [5, 5.41) is 0.170. The van der Waals surface area contributed by atoms with Crippen molar-refractivity contribution >= 4 is 14.2 Å². The Morgan fingerprint density at radius 3 is 2.46 bits per heavy atom. The summed E-state index contributed by atoms with van der Waals surface area (Å²) >= 11 is 0. The van der Waals surface area contributed by atoms with Crippen LogP contribution in [0.4, 0.5) is 0 Å². The van der Waals surface area contributed by atoms with Crippen molar-refractivity contribution in [2.45, 2.75) is 57.9 Å². The number of amides is 1. The van der Waals surface area contributed by atoms with Gasteiger partial charge in [-0.05, 0) is 23.7 Å². The molecule has 132 valence electrons. The van der Waals surface area contributed by atoms with E-state index in [1.165, 1.54) is 0 Å². The van der Waals surface area contributed by atoms with Gasteiger partial charge in [-0.3, -0.25) is 4.79 Å². The molecule has 1 saturated heterocycles. The second-order valence-corrected chi connectivity index (χ2v) is 13.1. The van der Waals surface area contributed by atoms with Crippen molar-refractivity contribution in [2.24, 2.45) is 5.92 Å². The Bertz CT molecular complexity index is 577. The van der Waals surface area contributed by atoms with Crippen LogP contribution in [-0.4, -0.2) is 31.8 Å². The SMILES string of the molecule is C=C[C@H]1CC(=O)N(Cc2ccccc2)[C@@H]1CO[Si](C)(C)C(C)(C)C. The van der Waals surface area contributed by atoms with Crippen LogP contribution >= 0.6 is 0 Å². The molecule has 3 nitrogen and oxygen atoms in total. The summed E-state index contributed by atoms with van der Waals surface area (Å²) < 4.78 is 6.42. The lowest BCUT2D eigenvalue weighted by molar-refractivity contribution is -0.130. The zero-order valence-corrected chi connectivity index (χ0v) is 16.7. The highest BCUT2D eigenvalue weighted by Crippen LogP contribution is 2.38. The number of likely N-dealkylation sites (tertiary alicyclic amines) is 1. The van der Waals surface area contributed by atoms with Crippen molar-refractivity contribution in [3.05, 3.63) is 48.6 Å². The molecule has 0 saturated carbocycles. The fourth-order valence-corrected chi connectivity index (χ4v) is 3.84. The molecule has 1 aromatic rings. The van der Waals surface area contributed by atoms with Gasteiger partial charge < -0.3 is 9.33 Å². The van der Waals surface area contributed by atoms with E-state index in [4.69, 9.17) is 4.43 Å². The molecule has 2 rings (SSSR count). The monoisotopic (exact) mass is 345 g/mol. The van der Waals surface area contributed by atoms with E-state index < -0.39 is 8.32 Å².